The highest BCUT2D eigenvalue weighted by molar-refractivity contribution is 5.45. The molecule has 1 aromatic carbocycles. The van der Waals surface area contributed by atoms with E-state index < -0.39 is 0 Å². The van der Waals surface area contributed by atoms with E-state index in [2.05, 4.69) is 4.84 Å². The highest BCUT2D eigenvalue weighted by Gasteiger charge is 1.86. The summed E-state index contributed by atoms with van der Waals surface area (Å²) in [5.74, 6) is 0.589. The lowest BCUT2D eigenvalue weighted by atomic mass is 10.3. The molecule has 51 valence electrons. The van der Waals surface area contributed by atoms with Crippen molar-refractivity contribution in [3.63, 3.8) is 0 Å². The van der Waals surface area contributed by atoms with Crippen molar-refractivity contribution >= 4 is 6.41 Å². The number of hydroxylamine groups is 1. The summed E-state index contributed by atoms with van der Waals surface area (Å²) in [4.78, 5) is 14.3. The van der Waals surface area contributed by atoms with Crippen LogP contribution < -0.4 is 10.3 Å². The third-order valence-corrected chi connectivity index (χ3v) is 0.954. The van der Waals surface area contributed by atoms with E-state index in [4.69, 9.17) is 0 Å². The largest absolute Gasteiger partial charge is 0.379 e. The van der Waals surface area contributed by atoms with E-state index in [0.29, 0.717) is 5.75 Å². The second kappa shape index (κ2) is 3.50. The van der Waals surface area contributed by atoms with E-state index in [9.17, 15) is 4.79 Å². The summed E-state index contributed by atoms with van der Waals surface area (Å²) >= 11 is 0. The summed E-state index contributed by atoms with van der Waals surface area (Å²) in [6, 6.07) is 8.93. The molecule has 10 heavy (non-hydrogen) atoms. The molecule has 1 radical (unpaired) electrons. The highest BCUT2D eigenvalue weighted by atomic mass is 16.6. The van der Waals surface area contributed by atoms with Gasteiger partial charge in [-0.25, -0.2) is 0 Å². The maximum absolute atomic E-state index is 9.62. The average Bonchev–Trinajstić information content (AvgIpc) is 2.03. The minimum Gasteiger partial charge on any atom is -0.379 e. The van der Waals surface area contributed by atoms with Gasteiger partial charge >= 0.3 is 6.41 Å². The molecule has 1 aromatic rings. The van der Waals surface area contributed by atoms with Gasteiger partial charge in [0.25, 0.3) is 0 Å². The van der Waals surface area contributed by atoms with Crippen LogP contribution >= 0.6 is 0 Å². The Morgan fingerprint density at radius 2 is 2.00 bits per heavy atom. The Labute approximate surface area is 58.6 Å². The SMILES string of the molecule is O=[C]NOc1ccccc1. The van der Waals surface area contributed by atoms with E-state index in [-0.39, 0.29) is 0 Å². The number of hydrogen-bond acceptors (Lipinski definition) is 2. The van der Waals surface area contributed by atoms with Gasteiger partial charge < -0.3 is 4.84 Å². The number of hydrogen-bond donors (Lipinski definition) is 1. The van der Waals surface area contributed by atoms with Crippen LogP contribution in [0.3, 0.4) is 0 Å². The van der Waals surface area contributed by atoms with E-state index in [1.807, 2.05) is 23.7 Å². The fourth-order valence-electron chi connectivity index (χ4n) is 0.568. The van der Waals surface area contributed by atoms with Crippen molar-refractivity contribution in [1.82, 2.24) is 5.48 Å². The van der Waals surface area contributed by atoms with E-state index in [1.54, 1.807) is 12.1 Å². The summed E-state index contributed by atoms with van der Waals surface area (Å²) in [5, 5.41) is 0. The Balaban J connectivity index is 2.50. The standard InChI is InChI=1S/C7H6NO2/c9-6-8-10-7-4-2-1-3-5-7/h1-5H,(H,8,9). The van der Waals surface area contributed by atoms with E-state index in [0.717, 1.165) is 0 Å². The summed E-state index contributed by atoms with van der Waals surface area (Å²) in [6.45, 7) is 0. The number of rotatable bonds is 3. The van der Waals surface area contributed by atoms with Gasteiger partial charge in [-0.05, 0) is 12.1 Å². The third-order valence-electron chi connectivity index (χ3n) is 0.954. The topological polar surface area (TPSA) is 38.3 Å². The molecule has 0 aliphatic rings. The van der Waals surface area contributed by atoms with Gasteiger partial charge in [0, 0.05) is 0 Å². The lowest BCUT2D eigenvalue weighted by Gasteiger charge is -1.98. The van der Waals surface area contributed by atoms with Crippen LogP contribution in [-0.2, 0) is 4.79 Å². The monoisotopic (exact) mass is 136 g/mol. The molecule has 0 saturated carbocycles. The minimum absolute atomic E-state index is 0.589. The third kappa shape index (κ3) is 1.78. The van der Waals surface area contributed by atoms with Gasteiger partial charge in [-0.15, -0.1) is 0 Å². The number of para-hydroxylation sites is 1. The second-order valence-electron chi connectivity index (χ2n) is 1.62. The molecule has 3 nitrogen and oxygen atoms in total. The van der Waals surface area contributed by atoms with Gasteiger partial charge in [-0.3, -0.25) is 4.79 Å². The minimum atomic E-state index is 0.589. The van der Waals surface area contributed by atoms with Crippen LogP contribution in [0.4, 0.5) is 0 Å². The molecule has 0 spiro atoms. The lowest BCUT2D eigenvalue weighted by molar-refractivity contribution is 0.254. The van der Waals surface area contributed by atoms with Crippen LogP contribution in [-0.4, -0.2) is 6.41 Å². The van der Waals surface area contributed by atoms with Crippen LogP contribution in [0.2, 0.25) is 0 Å². The molecule has 0 aliphatic carbocycles. The first-order chi connectivity index (χ1) is 4.93. The van der Waals surface area contributed by atoms with Crippen molar-refractivity contribution in [3.8, 4) is 5.75 Å². The lowest BCUT2D eigenvalue weighted by Crippen LogP contribution is -2.14. The van der Waals surface area contributed by atoms with Crippen LogP contribution in [0.5, 0.6) is 5.75 Å². The zero-order chi connectivity index (χ0) is 7.23. The Morgan fingerprint density at radius 3 is 2.60 bits per heavy atom. The van der Waals surface area contributed by atoms with Crippen molar-refractivity contribution in [3.05, 3.63) is 30.3 Å². The number of benzene rings is 1. The van der Waals surface area contributed by atoms with Gasteiger partial charge in [0.15, 0.2) is 5.75 Å². The highest BCUT2D eigenvalue weighted by Crippen LogP contribution is 2.05. The van der Waals surface area contributed by atoms with Crippen LogP contribution in [0, 0.1) is 0 Å². The van der Waals surface area contributed by atoms with Crippen LogP contribution in [0.1, 0.15) is 0 Å². The van der Waals surface area contributed by atoms with Gasteiger partial charge in [0.2, 0.25) is 0 Å². The van der Waals surface area contributed by atoms with E-state index in [1.165, 1.54) is 6.41 Å². The molecule has 1 N–H and O–H groups in total. The number of amides is 1. The Hall–Kier alpha value is -1.51. The Kier molecular flexibility index (Phi) is 2.31. The summed E-state index contributed by atoms with van der Waals surface area (Å²) < 4.78 is 0. The first-order valence-electron chi connectivity index (χ1n) is 2.77. The first kappa shape index (κ1) is 6.61. The van der Waals surface area contributed by atoms with Crippen molar-refractivity contribution in [2.24, 2.45) is 0 Å². The number of carbonyl (C=O) groups excluding carboxylic acids is 1. The van der Waals surface area contributed by atoms with Crippen molar-refractivity contribution in [2.45, 2.75) is 0 Å². The number of nitrogens with one attached hydrogen (secondary N) is 1. The molecule has 0 fully saturated rings. The fraction of sp³-hybridized carbons (Fsp3) is 0. The maximum Gasteiger partial charge on any atom is 0.344 e. The summed E-state index contributed by atoms with van der Waals surface area (Å²) in [7, 11) is 0. The van der Waals surface area contributed by atoms with Gasteiger partial charge in [0.05, 0.1) is 0 Å². The Morgan fingerprint density at radius 1 is 1.30 bits per heavy atom. The molecular formula is C7H6NO2. The van der Waals surface area contributed by atoms with Crippen LogP contribution in [0.15, 0.2) is 30.3 Å². The van der Waals surface area contributed by atoms with Crippen molar-refractivity contribution in [2.75, 3.05) is 0 Å². The Bertz CT molecular complexity index is 198. The predicted octanol–water partition coefficient (Wildman–Crippen LogP) is 0.637. The molecule has 1 rings (SSSR count). The van der Waals surface area contributed by atoms with Crippen molar-refractivity contribution < 1.29 is 9.63 Å². The molecule has 3 heteroatoms. The first-order valence-corrected chi connectivity index (χ1v) is 2.77. The van der Waals surface area contributed by atoms with Gasteiger partial charge in [-0.1, -0.05) is 18.2 Å². The summed E-state index contributed by atoms with van der Waals surface area (Å²) in [6.07, 6.45) is 1.39. The van der Waals surface area contributed by atoms with E-state index >= 15 is 0 Å². The molecule has 0 saturated heterocycles. The van der Waals surface area contributed by atoms with Gasteiger partial charge in [0.1, 0.15) is 0 Å². The smallest absolute Gasteiger partial charge is 0.344 e. The zero-order valence-electron chi connectivity index (χ0n) is 5.20. The molecule has 0 heterocycles. The molecular weight excluding hydrogens is 130 g/mol. The van der Waals surface area contributed by atoms with Gasteiger partial charge in [-0.2, -0.15) is 5.48 Å². The molecule has 0 atom stereocenters. The summed E-state index contributed by atoms with van der Waals surface area (Å²) in [5.41, 5.74) is 1.96. The molecule has 0 aromatic heterocycles. The predicted molar refractivity (Wildman–Crippen MR) is 35.9 cm³/mol. The van der Waals surface area contributed by atoms with Crippen molar-refractivity contribution in [1.29, 1.82) is 0 Å². The maximum atomic E-state index is 9.62. The van der Waals surface area contributed by atoms with Crippen LogP contribution in [0.25, 0.3) is 0 Å². The second-order valence-corrected chi connectivity index (χ2v) is 1.62. The molecule has 1 amide bonds. The molecule has 0 bridgehead atoms. The molecule has 0 unspecified atom stereocenters. The zero-order valence-corrected chi connectivity index (χ0v) is 5.20. The quantitative estimate of drug-likeness (QED) is 0.489. The average molecular weight is 136 g/mol. The normalized spacial score (nSPS) is 8.40. The molecule has 0 aliphatic heterocycles. The fourth-order valence-corrected chi connectivity index (χ4v) is 0.568.